The zero-order valence-electron chi connectivity index (χ0n) is 15.7. The molecule has 0 unspecified atom stereocenters. The van der Waals surface area contributed by atoms with Gasteiger partial charge in [0.2, 0.25) is 5.13 Å². The van der Waals surface area contributed by atoms with E-state index in [1.54, 1.807) is 19.1 Å². The average Bonchev–Trinajstić information content (AvgIpc) is 3.18. The number of halogens is 1. The summed E-state index contributed by atoms with van der Waals surface area (Å²) in [5.74, 6) is -0.0941. The summed E-state index contributed by atoms with van der Waals surface area (Å²) in [7, 11) is 0. The van der Waals surface area contributed by atoms with Crippen LogP contribution in [0, 0.1) is 5.82 Å². The Morgan fingerprint density at radius 3 is 2.72 bits per heavy atom. The lowest BCUT2D eigenvalue weighted by Crippen LogP contribution is -2.32. The number of carbonyl (C=O) groups is 1. The molecule has 0 aliphatic heterocycles. The minimum atomic E-state index is -0.819. The third-order valence-corrected chi connectivity index (χ3v) is 5.74. The Labute approximate surface area is 177 Å². The van der Waals surface area contributed by atoms with E-state index in [2.05, 4.69) is 21.6 Å². The smallest absolute Gasteiger partial charge is 0.267 e. The second-order valence-electron chi connectivity index (χ2n) is 5.93. The van der Waals surface area contributed by atoms with Crippen molar-refractivity contribution in [3.8, 4) is 5.75 Å². The third kappa shape index (κ3) is 6.40. The molecule has 0 saturated carbocycles. The fraction of sp³-hybridized carbons (Fsp3) is 0.190. The molecule has 2 aromatic carbocycles. The number of anilines is 1. The summed E-state index contributed by atoms with van der Waals surface area (Å²) in [4.78, 5) is 12.4. The highest BCUT2D eigenvalue weighted by Crippen LogP contribution is 2.26. The van der Waals surface area contributed by atoms with Crippen LogP contribution in [0.3, 0.4) is 0 Å². The minimum Gasteiger partial charge on any atom is -0.478 e. The number of amides is 1. The number of hydrogen-bond acceptors (Lipinski definition) is 6. The molecule has 1 heterocycles. The molecule has 3 rings (SSSR count). The van der Waals surface area contributed by atoms with Crippen molar-refractivity contribution in [2.75, 3.05) is 11.1 Å². The summed E-state index contributed by atoms with van der Waals surface area (Å²) < 4.78 is 20.0. The van der Waals surface area contributed by atoms with Crippen molar-refractivity contribution in [2.45, 2.75) is 23.8 Å². The zero-order valence-corrected chi connectivity index (χ0v) is 17.4. The largest absolute Gasteiger partial charge is 0.478 e. The lowest BCUT2D eigenvalue weighted by molar-refractivity contribution is -0.122. The lowest BCUT2D eigenvalue weighted by Gasteiger charge is -2.16. The summed E-state index contributed by atoms with van der Waals surface area (Å²) >= 11 is 2.82. The van der Waals surface area contributed by atoms with Crippen LogP contribution in [0.1, 0.15) is 18.9 Å². The number of benzene rings is 2. The molecular formula is C21H20FN3O2S2. The van der Waals surface area contributed by atoms with E-state index in [-0.39, 0.29) is 11.7 Å². The van der Waals surface area contributed by atoms with Gasteiger partial charge in [-0.05, 0) is 24.1 Å². The quantitative estimate of drug-likeness (QED) is 0.370. The van der Waals surface area contributed by atoms with Gasteiger partial charge in [-0.25, -0.2) is 4.39 Å². The molecule has 1 atom stereocenters. The fourth-order valence-corrected chi connectivity index (χ4v) is 3.98. The van der Waals surface area contributed by atoms with E-state index in [1.807, 2.05) is 36.4 Å². The number of nitrogens with zero attached hydrogens (tertiary/aromatic N) is 2. The van der Waals surface area contributed by atoms with Gasteiger partial charge in [0.1, 0.15) is 0 Å². The molecule has 1 amide bonds. The highest BCUT2D eigenvalue weighted by molar-refractivity contribution is 8.01. The van der Waals surface area contributed by atoms with Gasteiger partial charge in [-0.15, -0.1) is 10.2 Å². The van der Waals surface area contributed by atoms with Crippen LogP contribution in [0.5, 0.6) is 5.75 Å². The van der Waals surface area contributed by atoms with Gasteiger partial charge in [0, 0.05) is 5.75 Å². The molecule has 0 radical (unpaired) electrons. The van der Waals surface area contributed by atoms with Crippen LogP contribution < -0.4 is 10.1 Å². The maximum atomic E-state index is 13.8. The maximum Gasteiger partial charge on any atom is 0.267 e. The van der Waals surface area contributed by atoms with E-state index in [0.29, 0.717) is 11.6 Å². The second-order valence-corrected chi connectivity index (χ2v) is 8.18. The van der Waals surface area contributed by atoms with Gasteiger partial charge in [0.25, 0.3) is 5.91 Å². The van der Waals surface area contributed by atoms with Crippen LogP contribution >= 0.6 is 23.1 Å². The van der Waals surface area contributed by atoms with Gasteiger partial charge in [0.15, 0.2) is 22.0 Å². The number of rotatable bonds is 9. The van der Waals surface area contributed by atoms with Gasteiger partial charge in [-0.3, -0.25) is 10.1 Å². The molecule has 29 heavy (non-hydrogen) atoms. The summed E-state index contributed by atoms with van der Waals surface area (Å²) in [6.45, 7) is 1.80. The highest BCUT2D eigenvalue weighted by Gasteiger charge is 2.21. The molecule has 3 aromatic rings. The van der Waals surface area contributed by atoms with E-state index in [0.717, 1.165) is 15.7 Å². The molecule has 0 fully saturated rings. The van der Waals surface area contributed by atoms with Crippen LogP contribution in [0.25, 0.3) is 6.08 Å². The summed E-state index contributed by atoms with van der Waals surface area (Å²) in [5.41, 5.74) is 1.14. The van der Waals surface area contributed by atoms with Crippen LogP contribution in [-0.4, -0.2) is 28.0 Å². The van der Waals surface area contributed by atoms with E-state index >= 15 is 0 Å². The van der Waals surface area contributed by atoms with Crippen molar-refractivity contribution in [1.82, 2.24) is 10.2 Å². The standard InChI is InChI=1S/C21H20FN3O2S2/c1-2-17(27-18-13-7-6-12-16(18)22)19(26)23-20-24-25-21(29-20)28-14-8-11-15-9-4-3-5-10-15/h3-13,17H,2,14H2,1H3,(H,23,24,26)/b11-8+/t17-/m0/s1. The summed E-state index contributed by atoms with van der Waals surface area (Å²) in [5, 5.41) is 11.2. The Bertz CT molecular complexity index is 963. The first-order valence-electron chi connectivity index (χ1n) is 9.05. The van der Waals surface area contributed by atoms with Crippen LogP contribution in [0.4, 0.5) is 9.52 Å². The predicted octanol–water partition coefficient (Wildman–Crippen LogP) is 5.28. The molecule has 1 N–H and O–H groups in total. The van der Waals surface area contributed by atoms with Crippen molar-refractivity contribution in [3.63, 3.8) is 0 Å². The number of aromatic nitrogens is 2. The highest BCUT2D eigenvalue weighted by atomic mass is 32.2. The van der Waals surface area contributed by atoms with Gasteiger partial charge < -0.3 is 4.74 Å². The summed E-state index contributed by atoms with van der Waals surface area (Å²) in [6, 6.07) is 16.0. The average molecular weight is 430 g/mol. The number of ether oxygens (including phenoxy) is 1. The predicted molar refractivity (Wildman–Crippen MR) is 116 cm³/mol. The fourth-order valence-electron chi connectivity index (χ4n) is 2.39. The Morgan fingerprint density at radius 1 is 1.21 bits per heavy atom. The molecule has 1 aromatic heterocycles. The van der Waals surface area contributed by atoms with Gasteiger partial charge in [-0.2, -0.15) is 0 Å². The third-order valence-electron chi connectivity index (χ3n) is 3.82. The van der Waals surface area contributed by atoms with Crippen LogP contribution in [0.15, 0.2) is 65.0 Å². The first-order valence-corrected chi connectivity index (χ1v) is 10.9. The first-order chi connectivity index (χ1) is 14.2. The van der Waals surface area contributed by atoms with Crippen LogP contribution in [0.2, 0.25) is 0 Å². The Morgan fingerprint density at radius 2 is 1.97 bits per heavy atom. The molecule has 8 heteroatoms. The molecule has 150 valence electrons. The number of thioether (sulfide) groups is 1. The molecule has 0 aliphatic carbocycles. The number of carbonyl (C=O) groups excluding carboxylic acids is 1. The molecule has 0 aliphatic rings. The van der Waals surface area contributed by atoms with Gasteiger partial charge in [0.05, 0.1) is 0 Å². The molecule has 5 nitrogen and oxygen atoms in total. The van der Waals surface area contributed by atoms with Gasteiger partial charge >= 0.3 is 0 Å². The number of para-hydroxylation sites is 1. The topological polar surface area (TPSA) is 64.1 Å². The van der Waals surface area contributed by atoms with Gasteiger partial charge in [-0.1, -0.05) is 84.6 Å². The Balaban J connectivity index is 1.51. The Kier molecular flexibility index (Phi) is 7.77. The monoisotopic (exact) mass is 429 g/mol. The Hall–Kier alpha value is -2.71. The van der Waals surface area contributed by atoms with E-state index in [9.17, 15) is 9.18 Å². The van der Waals surface area contributed by atoms with Crippen molar-refractivity contribution < 1.29 is 13.9 Å². The number of hydrogen-bond donors (Lipinski definition) is 1. The minimum absolute atomic E-state index is 0.0493. The van der Waals surface area contributed by atoms with Crippen LogP contribution in [-0.2, 0) is 4.79 Å². The molecular weight excluding hydrogens is 409 g/mol. The zero-order chi connectivity index (χ0) is 20.5. The number of nitrogens with one attached hydrogen (secondary N) is 1. The van der Waals surface area contributed by atoms with E-state index < -0.39 is 11.9 Å². The maximum absolute atomic E-state index is 13.8. The summed E-state index contributed by atoms with van der Waals surface area (Å²) in [6.07, 6.45) is 3.67. The second kappa shape index (κ2) is 10.7. The van der Waals surface area contributed by atoms with Crippen molar-refractivity contribution in [2.24, 2.45) is 0 Å². The molecule has 0 saturated heterocycles. The SMILES string of the molecule is CC[C@H](Oc1ccccc1F)C(=O)Nc1nnc(SC/C=C/c2ccccc2)s1. The van der Waals surface area contributed by atoms with E-state index in [1.165, 1.54) is 35.2 Å². The van der Waals surface area contributed by atoms with E-state index in [4.69, 9.17) is 4.74 Å². The molecule has 0 bridgehead atoms. The van der Waals surface area contributed by atoms with Crippen molar-refractivity contribution in [1.29, 1.82) is 0 Å². The first kappa shape index (κ1) is 21.0. The van der Waals surface area contributed by atoms with Crippen molar-refractivity contribution >= 4 is 40.2 Å². The normalized spacial score (nSPS) is 12.1. The molecule has 0 spiro atoms. The van der Waals surface area contributed by atoms with Crippen molar-refractivity contribution in [3.05, 3.63) is 72.1 Å². The lowest BCUT2D eigenvalue weighted by atomic mass is 10.2.